The molecule has 26 heavy (non-hydrogen) atoms. The first-order valence-electron chi connectivity index (χ1n) is 8.41. The van der Waals surface area contributed by atoms with Crippen LogP contribution in [-0.4, -0.2) is 29.8 Å². The Morgan fingerprint density at radius 1 is 1.15 bits per heavy atom. The fourth-order valence-electron chi connectivity index (χ4n) is 3.00. The van der Waals surface area contributed by atoms with E-state index >= 15 is 0 Å². The van der Waals surface area contributed by atoms with Crippen LogP contribution in [0.2, 0.25) is 0 Å². The van der Waals surface area contributed by atoms with Crippen molar-refractivity contribution in [2.75, 3.05) is 18.0 Å². The molecule has 7 heteroatoms. The molecule has 0 saturated carbocycles. The lowest BCUT2D eigenvalue weighted by Gasteiger charge is -2.16. The molecule has 0 bridgehead atoms. The van der Waals surface area contributed by atoms with E-state index in [0.717, 1.165) is 11.3 Å². The normalized spacial score (nSPS) is 16.5. The summed E-state index contributed by atoms with van der Waals surface area (Å²) in [6, 6.07) is 15.6. The highest BCUT2D eigenvalue weighted by molar-refractivity contribution is 6.00. The van der Waals surface area contributed by atoms with E-state index in [1.165, 1.54) is 12.1 Å². The number of carbonyl (C=O) groups excluding carboxylic acids is 2. The summed E-state index contributed by atoms with van der Waals surface area (Å²) in [7, 11) is 0. The van der Waals surface area contributed by atoms with Gasteiger partial charge < -0.3 is 10.2 Å². The lowest BCUT2D eigenvalue weighted by molar-refractivity contribution is -0.384. The molecule has 0 spiro atoms. The summed E-state index contributed by atoms with van der Waals surface area (Å²) in [5.74, 6) is -0.551. The summed E-state index contributed by atoms with van der Waals surface area (Å²) >= 11 is 0. The van der Waals surface area contributed by atoms with Gasteiger partial charge >= 0.3 is 0 Å². The molecule has 1 fully saturated rings. The van der Waals surface area contributed by atoms with Crippen molar-refractivity contribution in [3.63, 3.8) is 0 Å². The smallest absolute Gasteiger partial charge is 0.269 e. The van der Waals surface area contributed by atoms with Crippen LogP contribution < -0.4 is 10.2 Å². The van der Waals surface area contributed by atoms with Gasteiger partial charge in [0.05, 0.1) is 10.8 Å². The summed E-state index contributed by atoms with van der Waals surface area (Å²) in [4.78, 5) is 36.3. The Morgan fingerprint density at radius 2 is 1.85 bits per heavy atom. The first-order chi connectivity index (χ1) is 12.5. The van der Waals surface area contributed by atoms with Crippen LogP contribution >= 0.6 is 0 Å². The van der Waals surface area contributed by atoms with Crippen molar-refractivity contribution in [3.05, 3.63) is 70.3 Å². The summed E-state index contributed by atoms with van der Waals surface area (Å²) < 4.78 is 0. The average Bonchev–Trinajstić information content (AvgIpc) is 3.04. The SMILES string of the molecule is O=C(NCCc1ccc([N+](=O)[O-])cc1)C1CC(=O)N(c2ccccc2)C1. The number of nitro groups is 1. The number of rotatable bonds is 6. The number of hydrogen-bond acceptors (Lipinski definition) is 4. The molecular formula is C19H19N3O4. The molecule has 1 N–H and O–H groups in total. The summed E-state index contributed by atoms with van der Waals surface area (Å²) in [6.07, 6.45) is 0.783. The zero-order chi connectivity index (χ0) is 18.5. The van der Waals surface area contributed by atoms with Crippen LogP contribution in [0.25, 0.3) is 0 Å². The van der Waals surface area contributed by atoms with Gasteiger partial charge in [-0.05, 0) is 24.1 Å². The van der Waals surface area contributed by atoms with Crippen LogP contribution in [0.15, 0.2) is 54.6 Å². The van der Waals surface area contributed by atoms with Crippen molar-refractivity contribution < 1.29 is 14.5 Å². The van der Waals surface area contributed by atoms with E-state index in [1.54, 1.807) is 17.0 Å². The largest absolute Gasteiger partial charge is 0.355 e. The number of carbonyl (C=O) groups is 2. The molecule has 0 radical (unpaired) electrons. The van der Waals surface area contributed by atoms with Crippen molar-refractivity contribution in [1.82, 2.24) is 5.32 Å². The number of non-ortho nitro benzene ring substituents is 1. The number of amides is 2. The summed E-state index contributed by atoms with van der Waals surface area (Å²) in [5, 5.41) is 13.5. The second kappa shape index (κ2) is 7.77. The standard InChI is InChI=1S/C19H19N3O4/c23-18-12-15(13-21(18)16-4-2-1-3-5-16)19(24)20-11-10-14-6-8-17(9-7-14)22(25)26/h1-9,15H,10-13H2,(H,20,24). The molecule has 1 unspecified atom stereocenters. The molecule has 7 nitrogen and oxygen atoms in total. The number of para-hydroxylation sites is 1. The molecule has 1 aliphatic rings. The third-order valence-electron chi connectivity index (χ3n) is 4.42. The highest BCUT2D eigenvalue weighted by Crippen LogP contribution is 2.24. The van der Waals surface area contributed by atoms with E-state index in [4.69, 9.17) is 0 Å². The summed E-state index contributed by atoms with van der Waals surface area (Å²) in [5.41, 5.74) is 1.76. The van der Waals surface area contributed by atoms with E-state index in [2.05, 4.69) is 5.32 Å². The quantitative estimate of drug-likeness (QED) is 0.637. The highest BCUT2D eigenvalue weighted by Gasteiger charge is 2.34. The summed E-state index contributed by atoms with van der Waals surface area (Å²) in [6.45, 7) is 0.804. The maximum Gasteiger partial charge on any atom is 0.269 e. The Morgan fingerprint density at radius 3 is 2.50 bits per heavy atom. The molecular weight excluding hydrogens is 334 g/mol. The Kier molecular flexibility index (Phi) is 5.26. The molecule has 2 aromatic carbocycles. The van der Waals surface area contributed by atoms with E-state index in [1.807, 2.05) is 30.3 Å². The molecule has 1 heterocycles. The van der Waals surface area contributed by atoms with Crippen LogP contribution in [-0.2, 0) is 16.0 Å². The van der Waals surface area contributed by atoms with E-state index in [0.29, 0.717) is 19.5 Å². The van der Waals surface area contributed by atoms with E-state index in [-0.39, 0.29) is 29.8 Å². The highest BCUT2D eigenvalue weighted by atomic mass is 16.6. The predicted octanol–water partition coefficient (Wildman–Crippen LogP) is 2.31. The van der Waals surface area contributed by atoms with E-state index < -0.39 is 4.92 Å². The van der Waals surface area contributed by atoms with Crippen molar-refractivity contribution >= 4 is 23.2 Å². The molecule has 1 atom stereocenters. The van der Waals surface area contributed by atoms with Crippen LogP contribution in [0.5, 0.6) is 0 Å². The number of nitrogens with zero attached hydrogens (tertiary/aromatic N) is 2. The molecule has 1 aliphatic heterocycles. The second-order valence-corrected chi connectivity index (χ2v) is 6.21. The molecule has 1 saturated heterocycles. The molecule has 2 aromatic rings. The molecule has 3 rings (SSSR count). The third kappa shape index (κ3) is 4.05. The maximum absolute atomic E-state index is 12.3. The van der Waals surface area contributed by atoms with Crippen LogP contribution in [0.4, 0.5) is 11.4 Å². The fourth-order valence-corrected chi connectivity index (χ4v) is 3.00. The lowest BCUT2D eigenvalue weighted by Crippen LogP contribution is -2.34. The zero-order valence-electron chi connectivity index (χ0n) is 14.1. The van der Waals surface area contributed by atoms with Crippen molar-refractivity contribution in [1.29, 1.82) is 0 Å². The Balaban J connectivity index is 1.49. The van der Waals surface area contributed by atoms with Crippen LogP contribution in [0.1, 0.15) is 12.0 Å². The minimum Gasteiger partial charge on any atom is -0.355 e. The predicted molar refractivity (Wildman–Crippen MR) is 96.7 cm³/mol. The Labute approximate surface area is 150 Å². The van der Waals surface area contributed by atoms with Gasteiger partial charge in [-0.3, -0.25) is 19.7 Å². The van der Waals surface area contributed by atoms with Crippen molar-refractivity contribution in [3.8, 4) is 0 Å². The number of nitrogens with one attached hydrogen (secondary N) is 1. The van der Waals surface area contributed by atoms with Gasteiger partial charge in [0.15, 0.2) is 0 Å². The van der Waals surface area contributed by atoms with Crippen molar-refractivity contribution in [2.24, 2.45) is 5.92 Å². The van der Waals surface area contributed by atoms with E-state index in [9.17, 15) is 19.7 Å². The van der Waals surface area contributed by atoms with Gasteiger partial charge in [0.1, 0.15) is 0 Å². The molecule has 2 amide bonds. The minimum atomic E-state index is -0.443. The zero-order valence-corrected chi connectivity index (χ0v) is 14.1. The van der Waals surface area contributed by atoms with Crippen LogP contribution in [0, 0.1) is 16.0 Å². The second-order valence-electron chi connectivity index (χ2n) is 6.21. The Hall–Kier alpha value is -3.22. The first kappa shape index (κ1) is 17.6. The molecule has 0 aliphatic carbocycles. The minimum absolute atomic E-state index is 0.0447. The Bertz CT molecular complexity index is 805. The molecule has 0 aromatic heterocycles. The number of nitro benzene ring substituents is 1. The van der Waals surface area contributed by atoms with Gasteiger partial charge in [-0.25, -0.2) is 0 Å². The van der Waals surface area contributed by atoms with Gasteiger partial charge in [0.2, 0.25) is 11.8 Å². The fraction of sp³-hybridized carbons (Fsp3) is 0.263. The monoisotopic (exact) mass is 353 g/mol. The van der Waals surface area contributed by atoms with Gasteiger partial charge in [-0.1, -0.05) is 30.3 Å². The molecule has 134 valence electrons. The number of benzene rings is 2. The maximum atomic E-state index is 12.3. The van der Waals surface area contributed by atoms with Gasteiger partial charge in [-0.2, -0.15) is 0 Å². The average molecular weight is 353 g/mol. The van der Waals surface area contributed by atoms with Crippen molar-refractivity contribution in [2.45, 2.75) is 12.8 Å². The number of hydrogen-bond donors (Lipinski definition) is 1. The first-order valence-corrected chi connectivity index (χ1v) is 8.41. The van der Waals surface area contributed by atoms with Gasteiger partial charge in [0, 0.05) is 37.3 Å². The third-order valence-corrected chi connectivity index (χ3v) is 4.42. The van der Waals surface area contributed by atoms with Crippen LogP contribution in [0.3, 0.4) is 0 Å². The van der Waals surface area contributed by atoms with Gasteiger partial charge in [-0.15, -0.1) is 0 Å². The lowest BCUT2D eigenvalue weighted by atomic mass is 10.1. The topological polar surface area (TPSA) is 92.5 Å². The van der Waals surface area contributed by atoms with Gasteiger partial charge in [0.25, 0.3) is 5.69 Å². The number of anilines is 1.